The van der Waals surface area contributed by atoms with Crippen molar-refractivity contribution in [1.29, 1.82) is 0 Å². The number of benzene rings is 1. The van der Waals surface area contributed by atoms with Crippen molar-refractivity contribution >= 4 is 5.91 Å². The Morgan fingerprint density at radius 2 is 2.09 bits per heavy atom. The van der Waals surface area contributed by atoms with Gasteiger partial charge >= 0.3 is 0 Å². The van der Waals surface area contributed by atoms with E-state index in [-0.39, 0.29) is 18.4 Å². The van der Waals surface area contributed by atoms with Crippen molar-refractivity contribution < 1.29 is 9.90 Å². The summed E-state index contributed by atoms with van der Waals surface area (Å²) in [7, 11) is 0. The lowest BCUT2D eigenvalue weighted by Gasteiger charge is -2.17. The number of nitrogens with one attached hydrogen (secondary N) is 1. The first kappa shape index (κ1) is 16.2. The Hall–Kier alpha value is -2.14. The van der Waals surface area contributed by atoms with E-state index in [0.717, 1.165) is 11.3 Å². The first-order valence-corrected chi connectivity index (χ1v) is 7.64. The Labute approximate surface area is 131 Å². The maximum atomic E-state index is 12.3. The van der Waals surface area contributed by atoms with Gasteiger partial charge in [0.1, 0.15) is 5.69 Å². The lowest BCUT2D eigenvalue weighted by Crippen LogP contribution is -2.30. The molecule has 2 rings (SSSR count). The van der Waals surface area contributed by atoms with Crippen molar-refractivity contribution in [3.63, 3.8) is 0 Å². The summed E-state index contributed by atoms with van der Waals surface area (Å²) in [6, 6.07) is 11.7. The zero-order valence-electron chi connectivity index (χ0n) is 13.1. The van der Waals surface area contributed by atoms with E-state index < -0.39 is 0 Å². The van der Waals surface area contributed by atoms with E-state index in [0.29, 0.717) is 25.2 Å². The highest BCUT2D eigenvalue weighted by Crippen LogP contribution is 2.18. The van der Waals surface area contributed by atoms with Gasteiger partial charge in [-0.05, 0) is 31.9 Å². The molecule has 22 heavy (non-hydrogen) atoms. The molecule has 0 bridgehead atoms. The minimum atomic E-state index is -0.124. The number of aryl methyl sites for hydroxylation is 2. The topological polar surface area (TPSA) is 67.2 Å². The van der Waals surface area contributed by atoms with Gasteiger partial charge in [0, 0.05) is 25.6 Å². The molecule has 1 atom stereocenters. The molecular weight excluding hydrogens is 278 g/mol. The number of hydrogen-bond donors (Lipinski definition) is 2. The van der Waals surface area contributed by atoms with E-state index in [1.165, 1.54) is 0 Å². The van der Waals surface area contributed by atoms with E-state index in [1.807, 2.05) is 44.2 Å². The molecule has 5 heteroatoms. The van der Waals surface area contributed by atoms with Crippen molar-refractivity contribution in [2.45, 2.75) is 32.7 Å². The number of hydrogen-bond acceptors (Lipinski definition) is 3. The number of aliphatic hydroxyl groups is 1. The normalized spacial score (nSPS) is 12.1. The third-order valence-electron chi connectivity index (χ3n) is 3.69. The Balaban J connectivity index is 2.04. The number of aliphatic hydroxyl groups excluding tert-OH is 1. The van der Waals surface area contributed by atoms with Gasteiger partial charge in [-0.2, -0.15) is 5.10 Å². The van der Waals surface area contributed by atoms with Crippen molar-refractivity contribution in [2.24, 2.45) is 0 Å². The van der Waals surface area contributed by atoms with Gasteiger partial charge in [0.15, 0.2) is 0 Å². The molecule has 2 aromatic rings. The van der Waals surface area contributed by atoms with E-state index >= 15 is 0 Å². The van der Waals surface area contributed by atoms with Gasteiger partial charge in [-0.3, -0.25) is 9.48 Å². The summed E-state index contributed by atoms with van der Waals surface area (Å²) in [6.45, 7) is 5.09. The Morgan fingerprint density at radius 3 is 2.73 bits per heavy atom. The summed E-state index contributed by atoms with van der Waals surface area (Å²) in [5, 5.41) is 16.5. The summed E-state index contributed by atoms with van der Waals surface area (Å²) in [5.41, 5.74) is 2.54. The van der Waals surface area contributed by atoms with Gasteiger partial charge in [-0.15, -0.1) is 0 Å². The summed E-state index contributed by atoms with van der Waals surface area (Å²) >= 11 is 0. The monoisotopic (exact) mass is 301 g/mol. The molecule has 5 nitrogen and oxygen atoms in total. The number of nitrogens with zero attached hydrogens (tertiary/aromatic N) is 2. The van der Waals surface area contributed by atoms with Crippen LogP contribution in [0, 0.1) is 6.92 Å². The van der Waals surface area contributed by atoms with E-state index in [2.05, 4.69) is 10.4 Å². The van der Waals surface area contributed by atoms with Gasteiger partial charge in [-0.25, -0.2) is 0 Å². The summed E-state index contributed by atoms with van der Waals surface area (Å²) in [4.78, 5) is 12.3. The zero-order valence-corrected chi connectivity index (χ0v) is 13.1. The van der Waals surface area contributed by atoms with Crippen LogP contribution in [0.2, 0.25) is 0 Å². The largest absolute Gasteiger partial charge is 0.396 e. The third-order valence-corrected chi connectivity index (χ3v) is 3.69. The molecule has 1 amide bonds. The van der Waals surface area contributed by atoms with Gasteiger partial charge in [0.25, 0.3) is 5.91 Å². The van der Waals surface area contributed by atoms with Crippen LogP contribution in [-0.4, -0.2) is 33.9 Å². The lowest BCUT2D eigenvalue weighted by molar-refractivity contribution is 0.0938. The van der Waals surface area contributed by atoms with Gasteiger partial charge < -0.3 is 10.4 Å². The number of rotatable bonds is 7. The first-order valence-electron chi connectivity index (χ1n) is 7.64. The smallest absolute Gasteiger partial charge is 0.269 e. The highest BCUT2D eigenvalue weighted by Gasteiger charge is 2.16. The van der Waals surface area contributed by atoms with Crippen LogP contribution < -0.4 is 5.32 Å². The average Bonchev–Trinajstić information content (AvgIpc) is 2.93. The maximum absolute atomic E-state index is 12.3. The molecular formula is C17H23N3O2. The molecule has 0 saturated carbocycles. The third kappa shape index (κ3) is 3.95. The molecule has 0 saturated heterocycles. The number of amides is 1. The highest BCUT2D eigenvalue weighted by atomic mass is 16.3. The fourth-order valence-corrected chi connectivity index (χ4v) is 2.54. The molecule has 1 heterocycles. The molecule has 0 radical (unpaired) electrons. The minimum absolute atomic E-state index is 0.0986. The summed E-state index contributed by atoms with van der Waals surface area (Å²) < 4.78 is 1.70. The quantitative estimate of drug-likeness (QED) is 0.823. The van der Waals surface area contributed by atoms with E-state index in [9.17, 15) is 9.90 Å². The van der Waals surface area contributed by atoms with Crippen LogP contribution in [0.4, 0.5) is 0 Å². The molecule has 0 fully saturated rings. The SMILES string of the molecule is CCn1nc(C)cc1C(=O)NCC(CCO)c1ccccc1. The van der Waals surface area contributed by atoms with Crippen molar-refractivity contribution in [1.82, 2.24) is 15.1 Å². The van der Waals surface area contributed by atoms with E-state index in [4.69, 9.17) is 0 Å². The Kier molecular flexibility index (Phi) is 5.72. The minimum Gasteiger partial charge on any atom is -0.396 e. The number of carbonyl (C=O) groups is 1. The van der Waals surface area contributed by atoms with Crippen LogP contribution in [0.5, 0.6) is 0 Å². The molecule has 0 aliphatic heterocycles. The predicted molar refractivity (Wildman–Crippen MR) is 85.9 cm³/mol. The van der Waals surface area contributed by atoms with Gasteiger partial charge in [-0.1, -0.05) is 30.3 Å². The van der Waals surface area contributed by atoms with E-state index in [1.54, 1.807) is 10.7 Å². The first-order chi connectivity index (χ1) is 10.7. The van der Waals surface area contributed by atoms with Crippen molar-refractivity contribution in [2.75, 3.05) is 13.2 Å². The number of aromatic nitrogens is 2. The Morgan fingerprint density at radius 1 is 1.36 bits per heavy atom. The molecule has 1 unspecified atom stereocenters. The van der Waals surface area contributed by atoms with Crippen LogP contribution in [0.15, 0.2) is 36.4 Å². The van der Waals surface area contributed by atoms with Crippen LogP contribution in [0.25, 0.3) is 0 Å². The van der Waals surface area contributed by atoms with Crippen LogP contribution in [-0.2, 0) is 6.54 Å². The zero-order chi connectivity index (χ0) is 15.9. The van der Waals surface area contributed by atoms with Gasteiger partial charge in [0.2, 0.25) is 0 Å². The second-order valence-electron chi connectivity index (χ2n) is 5.32. The molecule has 2 N–H and O–H groups in total. The number of carbonyl (C=O) groups excluding carboxylic acids is 1. The second kappa shape index (κ2) is 7.75. The molecule has 1 aromatic heterocycles. The molecule has 0 aliphatic rings. The molecule has 118 valence electrons. The van der Waals surface area contributed by atoms with Crippen molar-refractivity contribution in [3.05, 3.63) is 53.3 Å². The summed E-state index contributed by atoms with van der Waals surface area (Å²) in [6.07, 6.45) is 0.621. The van der Waals surface area contributed by atoms with Crippen molar-refractivity contribution in [3.8, 4) is 0 Å². The van der Waals surface area contributed by atoms with Gasteiger partial charge in [0.05, 0.1) is 5.69 Å². The Bertz CT molecular complexity index is 608. The molecule has 0 aliphatic carbocycles. The van der Waals surface area contributed by atoms with Crippen LogP contribution in [0.3, 0.4) is 0 Å². The molecule has 0 spiro atoms. The highest BCUT2D eigenvalue weighted by molar-refractivity contribution is 5.92. The second-order valence-corrected chi connectivity index (χ2v) is 5.32. The summed E-state index contributed by atoms with van der Waals surface area (Å²) in [5.74, 6) is -0.0180. The maximum Gasteiger partial charge on any atom is 0.269 e. The fourth-order valence-electron chi connectivity index (χ4n) is 2.54. The lowest BCUT2D eigenvalue weighted by atomic mass is 9.96. The fraction of sp³-hybridized carbons (Fsp3) is 0.412. The standard InChI is InChI=1S/C17H23N3O2/c1-3-20-16(11-13(2)19-20)17(22)18-12-15(9-10-21)14-7-5-4-6-8-14/h4-8,11,15,21H,3,9-10,12H2,1-2H3,(H,18,22). The van der Waals surface area contributed by atoms with Crippen LogP contribution >= 0.6 is 0 Å². The van der Waals surface area contributed by atoms with Crippen LogP contribution in [0.1, 0.15) is 41.0 Å². The molecule has 1 aromatic carbocycles. The predicted octanol–water partition coefficient (Wildman–Crippen LogP) is 2.11. The average molecular weight is 301 g/mol.